The largest absolute Gasteiger partial charge is 0.465 e. The molecule has 0 radical (unpaired) electrons. The predicted molar refractivity (Wildman–Crippen MR) is 120 cm³/mol. The number of rotatable bonds is 3. The van der Waals surface area contributed by atoms with Gasteiger partial charge < -0.3 is 4.74 Å². The van der Waals surface area contributed by atoms with Crippen molar-refractivity contribution in [3.8, 4) is 0 Å². The molecule has 0 aromatic heterocycles. The zero-order valence-electron chi connectivity index (χ0n) is 18.0. The number of benzene rings is 2. The summed E-state index contributed by atoms with van der Waals surface area (Å²) in [5, 5.41) is 0. The average molecular weight is 395 g/mol. The van der Waals surface area contributed by atoms with Gasteiger partial charge in [-0.25, -0.2) is 4.79 Å². The number of thioether (sulfide) groups is 1. The fraction of sp³-hybridized carbons (Fsp3) is 0.400. The number of ether oxygens (including phenoxy) is 1. The fourth-order valence-electron chi connectivity index (χ4n) is 4.29. The van der Waals surface area contributed by atoms with Gasteiger partial charge in [-0.2, -0.15) is 0 Å². The number of hydrogen-bond acceptors (Lipinski definition) is 3. The van der Waals surface area contributed by atoms with Crippen LogP contribution in [0.4, 0.5) is 0 Å². The first-order valence-corrected chi connectivity index (χ1v) is 10.6. The number of esters is 1. The molecule has 148 valence electrons. The van der Waals surface area contributed by atoms with Crippen LogP contribution in [0.3, 0.4) is 0 Å². The van der Waals surface area contributed by atoms with Crippen LogP contribution in [0.25, 0.3) is 11.6 Å². The van der Waals surface area contributed by atoms with Crippen molar-refractivity contribution < 1.29 is 9.53 Å². The van der Waals surface area contributed by atoms with Gasteiger partial charge in [0, 0.05) is 9.64 Å². The van der Waals surface area contributed by atoms with E-state index in [4.69, 9.17) is 4.74 Å². The van der Waals surface area contributed by atoms with Crippen LogP contribution in [-0.2, 0) is 10.2 Å². The van der Waals surface area contributed by atoms with Crippen molar-refractivity contribution in [3.05, 3.63) is 64.2 Å². The van der Waals surface area contributed by atoms with Crippen LogP contribution in [0.2, 0.25) is 0 Å². The number of aryl methyl sites for hydroxylation is 1. The molecule has 0 fully saturated rings. The number of carbonyl (C=O) groups is 1. The number of fused-ring (bicyclic) bond motifs is 1. The summed E-state index contributed by atoms with van der Waals surface area (Å²) >= 11 is 1.99. The third kappa shape index (κ3) is 4.20. The molecule has 0 atom stereocenters. The van der Waals surface area contributed by atoms with Gasteiger partial charge in [0.25, 0.3) is 0 Å². The Kier molecular flexibility index (Phi) is 5.51. The van der Waals surface area contributed by atoms with Gasteiger partial charge in [-0.15, -0.1) is 11.8 Å². The molecular formula is C25H30O2S. The maximum atomic E-state index is 11.7. The van der Waals surface area contributed by atoms with Crippen molar-refractivity contribution in [1.82, 2.24) is 0 Å². The normalized spacial score (nSPS) is 17.8. The summed E-state index contributed by atoms with van der Waals surface area (Å²) in [5.74, 6) is -0.298. The Labute approximate surface area is 173 Å². The van der Waals surface area contributed by atoms with Crippen LogP contribution in [0, 0.1) is 6.92 Å². The van der Waals surface area contributed by atoms with Gasteiger partial charge in [-0.3, -0.25) is 0 Å². The first-order chi connectivity index (χ1) is 13.0. The average Bonchev–Trinajstić information content (AvgIpc) is 2.60. The lowest BCUT2D eigenvalue weighted by molar-refractivity contribution is 0.0600. The lowest BCUT2D eigenvalue weighted by Crippen LogP contribution is -2.33. The SMILES string of the molecule is COC(=O)c1ccc(/C=C(\C)c2ccc3c(c2)C(C)(C)CC(C)(C)S3)c(C)c1. The summed E-state index contributed by atoms with van der Waals surface area (Å²) < 4.78 is 5.08. The smallest absolute Gasteiger partial charge is 0.337 e. The van der Waals surface area contributed by atoms with Crippen LogP contribution >= 0.6 is 11.8 Å². The number of methoxy groups -OCH3 is 1. The van der Waals surface area contributed by atoms with Crippen molar-refractivity contribution in [2.24, 2.45) is 0 Å². The van der Waals surface area contributed by atoms with E-state index < -0.39 is 0 Å². The molecule has 3 heteroatoms. The first kappa shape index (κ1) is 20.7. The van der Waals surface area contributed by atoms with Gasteiger partial charge in [-0.05, 0) is 77.8 Å². The molecule has 28 heavy (non-hydrogen) atoms. The molecule has 0 aliphatic carbocycles. The van der Waals surface area contributed by atoms with Crippen molar-refractivity contribution >= 4 is 29.4 Å². The summed E-state index contributed by atoms with van der Waals surface area (Å²) in [6.45, 7) is 13.6. The van der Waals surface area contributed by atoms with Gasteiger partial charge in [0.1, 0.15) is 0 Å². The van der Waals surface area contributed by atoms with E-state index in [1.165, 1.54) is 28.7 Å². The molecule has 0 unspecified atom stereocenters. The molecule has 2 aromatic rings. The molecule has 2 nitrogen and oxygen atoms in total. The highest BCUT2D eigenvalue weighted by Gasteiger charge is 2.38. The molecule has 0 amide bonds. The highest BCUT2D eigenvalue weighted by molar-refractivity contribution is 8.00. The van der Waals surface area contributed by atoms with E-state index in [-0.39, 0.29) is 16.1 Å². The van der Waals surface area contributed by atoms with Crippen LogP contribution < -0.4 is 0 Å². The third-order valence-electron chi connectivity index (χ3n) is 5.48. The molecule has 0 saturated carbocycles. The van der Waals surface area contributed by atoms with E-state index in [0.29, 0.717) is 5.56 Å². The zero-order chi connectivity index (χ0) is 20.7. The summed E-state index contributed by atoms with van der Waals surface area (Å²) in [4.78, 5) is 13.1. The monoisotopic (exact) mass is 394 g/mol. The maximum Gasteiger partial charge on any atom is 0.337 e. The Balaban J connectivity index is 1.96. The highest BCUT2D eigenvalue weighted by Crippen LogP contribution is 2.51. The molecule has 1 heterocycles. The van der Waals surface area contributed by atoms with E-state index in [1.54, 1.807) is 0 Å². The van der Waals surface area contributed by atoms with Gasteiger partial charge in [0.2, 0.25) is 0 Å². The van der Waals surface area contributed by atoms with E-state index >= 15 is 0 Å². The Morgan fingerprint density at radius 2 is 1.75 bits per heavy atom. The second-order valence-electron chi connectivity index (χ2n) is 9.02. The Hall–Kier alpha value is -2.00. The zero-order valence-corrected chi connectivity index (χ0v) is 18.8. The molecule has 0 spiro atoms. The minimum absolute atomic E-state index is 0.165. The summed E-state index contributed by atoms with van der Waals surface area (Å²) in [6, 6.07) is 12.6. The van der Waals surface area contributed by atoms with Crippen LogP contribution in [0.5, 0.6) is 0 Å². The van der Waals surface area contributed by atoms with Crippen LogP contribution in [-0.4, -0.2) is 17.8 Å². The number of allylic oxidation sites excluding steroid dienone is 1. The van der Waals surface area contributed by atoms with Crippen LogP contribution in [0.15, 0.2) is 41.3 Å². The molecule has 0 bridgehead atoms. The molecule has 0 N–H and O–H groups in total. The molecule has 1 aliphatic rings. The minimum atomic E-state index is -0.298. The first-order valence-electron chi connectivity index (χ1n) is 9.74. The Bertz CT molecular complexity index is 951. The van der Waals surface area contributed by atoms with Gasteiger partial charge in [-0.1, -0.05) is 45.9 Å². The standard InChI is InChI=1S/C25H30O2S/c1-16(12-18-8-9-20(13-17(18)2)23(26)27-7)19-10-11-22-21(14-19)24(3,4)15-25(5,6)28-22/h8-14H,15H2,1-7H3/b16-12+. The summed E-state index contributed by atoms with van der Waals surface area (Å²) in [5.41, 5.74) is 6.87. The van der Waals surface area contributed by atoms with Gasteiger partial charge in [0.05, 0.1) is 12.7 Å². The number of hydrogen-bond donors (Lipinski definition) is 0. The van der Waals surface area contributed by atoms with E-state index in [0.717, 1.165) is 17.5 Å². The molecular weight excluding hydrogens is 364 g/mol. The molecule has 3 rings (SSSR count). The van der Waals surface area contributed by atoms with Crippen molar-refractivity contribution in [2.75, 3.05) is 7.11 Å². The molecule has 1 aliphatic heterocycles. The molecule has 0 saturated heterocycles. The maximum absolute atomic E-state index is 11.7. The van der Waals surface area contributed by atoms with Crippen molar-refractivity contribution in [1.29, 1.82) is 0 Å². The molecule has 2 aromatic carbocycles. The lowest BCUT2D eigenvalue weighted by atomic mass is 9.76. The predicted octanol–water partition coefficient (Wildman–Crippen LogP) is 6.89. The number of carbonyl (C=O) groups excluding carboxylic acids is 1. The lowest BCUT2D eigenvalue weighted by Gasteiger charge is -2.42. The van der Waals surface area contributed by atoms with Crippen LogP contribution in [0.1, 0.15) is 73.7 Å². The summed E-state index contributed by atoms with van der Waals surface area (Å²) in [6.07, 6.45) is 3.36. The Morgan fingerprint density at radius 3 is 2.39 bits per heavy atom. The van der Waals surface area contributed by atoms with E-state index in [9.17, 15) is 4.79 Å². The van der Waals surface area contributed by atoms with Gasteiger partial charge >= 0.3 is 5.97 Å². The second kappa shape index (κ2) is 7.44. The van der Waals surface area contributed by atoms with Crippen molar-refractivity contribution in [2.45, 2.75) is 63.0 Å². The van der Waals surface area contributed by atoms with Gasteiger partial charge in [0.15, 0.2) is 0 Å². The highest BCUT2D eigenvalue weighted by atomic mass is 32.2. The topological polar surface area (TPSA) is 26.3 Å². The minimum Gasteiger partial charge on any atom is -0.465 e. The van der Waals surface area contributed by atoms with E-state index in [1.807, 2.05) is 36.9 Å². The third-order valence-corrected chi connectivity index (χ3v) is 6.75. The summed E-state index contributed by atoms with van der Waals surface area (Å²) in [7, 11) is 1.41. The fourth-order valence-corrected chi connectivity index (χ4v) is 5.90. The van der Waals surface area contributed by atoms with Crippen molar-refractivity contribution in [3.63, 3.8) is 0 Å². The van der Waals surface area contributed by atoms with E-state index in [2.05, 4.69) is 58.9 Å². The Morgan fingerprint density at radius 1 is 1.07 bits per heavy atom. The second-order valence-corrected chi connectivity index (χ2v) is 10.8. The quantitative estimate of drug-likeness (QED) is 0.418.